The average molecular weight is 495 g/mol. The number of unbranched alkanes of at least 4 members (excludes halogenated alkanes) is 3. The Morgan fingerprint density at radius 2 is 1.77 bits per heavy atom. The molecule has 0 fully saturated rings. The van der Waals surface area contributed by atoms with Gasteiger partial charge in [-0.15, -0.1) is 24.0 Å². The number of hydrogen-bond donors (Lipinski definition) is 2. The Balaban J connectivity index is 0.00000625. The smallest absolute Gasteiger partial charge is 0.191 e. The van der Waals surface area contributed by atoms with Crippen LogP contribution in [-0.4, -0.2) is 33.2 Å². The van der Waals surface area contributed by atoms with E-state index in [2.05, 4.69) is 29.5 Å². The van der Waals surface area contributed by atoms with Crippen LogP contribution in [0, 0.1) is 0 Å². The maximum absolute atomic E-state index is 11.5. The molecule has 0 radical (unpaired) electrons. The number of rotatable bonds is 10. The molecule has 0 aromatic heterocycles. The van der Waals surface area contributed by atoms with E-state index in [1.54, 1.807) is 12.1 Å². The van der Waals surface area contributed by atoms with Crippen molar-refractivity contribution in [3.8, 4) is 0 Å². The predicted molar refractivity (Wildman–Crippen MR) is 121 cm³/mol. The zero-order valence-corrected chi connectivity index (χ0v) is 19.6. The number of sulfone groups is 1. The molecule has 1 atom stereocenters. The van der Waals surface area contributed by atoms with Crippen molar-refractivity contribution in [3.05, 3.63) is 29.8 Å². The lowest BCUT2D eigenvalue weighted by Gasteiger charge is -2.17. The van der Waals surface area contributed by atoms with Crippen molar-refractivity contribution in [2.24, 2.45) is 4.99 Å². The van der Waals surface area contributed by atoms with Crippen LogP contribution in [0.2, 0.25) is 0 Å². The summed E-state index contributed by atoms with van der Waals surface area (Å²) in [5.41, 5.74) is 0.986. The van der Waals surface area contributed by atoms with E-state index < -0.39 is 9.84 Å². The fraction of sp³-hybridized carbons (Fsp3) is 0.632. The Kier molecular flexibility index (Phi) is 12.9. The molecule has 1 unspecified atom stereocenters. The van der Waals surface area contributed by atoms with Crippen LogP contribution < -0.4 is 10.6 Å². The van der Waals surface area contributed by atoms with Crippen molar-refractivity contribution in [2.75, 3.05) is 12.8 Å². The third kappa shape index (κ3) is 10.4. The maximum atomic E-state index is 11.5. The van der Waals surface area contributed by atoms with E-state index in [9.17, 15) is 8.42 Å². The highest BCUT2D eigenvalue weighted by molar-refractivity contribution is 14.0. The third-order valence-electron chi connectivity index (χ3n) is 3.99. The van der Waals surface area contributed by atoms with Gasteiger partial charge in [-0.05, 0) is 38.0 Å². The second-order valence-electron chi connectivity index (χ2n) is 6.51. The van der Waals surface area contributed by atoms with Gasteiger partial charge in [-0.1, -0.05) is 44.7 Å². The molecule has 7 heteroatoms. The molecule has 0 aliphatic rings. The third-order valence-corrected chi connectivity index (χ3v) is 5.12. The Morgan fingerprint density at radius 1 is 1.12 bits per heavy atom. The van der Waals surface area contributed by atoms with Crippen molar-refractivity contribution < 1.29 is 8.42 Å². The summed E-state index contributed by atoms with van der Waals surface area (Å²) in [6.07, 6.45) is 7.41. The van der Waals surface area contributed by atoms with Gasteiger partial charge in [-0.3, -0.25) is 0 Å². The zero-order valence-electron chi connectivity index (χ0n) is 16.4. The van der Waals surface area contributed by atoms with E-state index in [0.29, 0.717) is 17.5 Å². The average Bonchev–Trinajstić information content (AvgIpc) is 2.56. The van der Waals surface area contributed by atoms with Gasteiger partial charge in [-0.25, -0.2) is 13.4 Å². The van der Waals surface area contributed by atoms with Gasteiger partial charge in [0.1, 0.15) is 0 Å². The van der Waals surface area contributed by atoms with Gasteiger partial charge in [0, 0.05) is 18.8 Å². The Bertz CT molecular complexity index is 631. The minimum atomic E-state index is -3.15. The second-order valence-corrected chi connectivity index (χ2v) is 8.52. The lowest BCUT2D eigenvalue weighted by Crippen LogP contribution is -2.42. The largest absolute Gasteiger partial charge is 0.357 e. The van der Waals surface area contributed by atoms with Gasteiger partial charge >= 0.3 is 0 Å². The summed E-state index contributed by atoms with van der Waals surface area (Å²) in [5.74, 6) is 0.803. The highest BCUT2D eigenvalue weighted by Crippen LogP contribution is 2.11. The van der Waals surface area contributed by atoms with Gasteiger partial charge in [0.2, 0.25) is 0 Å². The molecule has 26 heavy (non-hydrogen) atoms. The molecule has 1 rings (SSSR count). The number of nitrogens with zero attached hydrogens (tertiary/aromatic N) is 1. The molecule has 0 saturated heterocycles. The van der Waals surface area contributed by atoms with Crippen LogP contribution in [0.4, 0.5) is 0 Å². The van der Waals surface area contributed by atoms with Crippen LogP contribution in [0.1, 0.15) is 58.4 Å². The molecule has 0 heterocycles. The highest BCUT2D eigenvalue weighted by Gasteiger charge is 2.07. The number of nitrogens with one attached hydrogen (secondary N) is 2. The van der Waals surface area contributed by atoms with E-state index in [4.69, 9.17) is 0 Å². The number of halogens is 1. The molecule has 0 amide bonds. The minimum Gasteiger partial charge on any atom is -0.357 e. The molecule has 150 valence electrons. The molecule has 2 N–H and O–H groups in total. The van der Waals surface area contributed by atoms with E-state index in [1.165, 1.54) is 31.9 Å². The zero-order chi connectivity index (χ0) is 18.7. The van der Waals surface area contributed by atoms with E-state index in [1.807, 2.05) is 19.1 Å². The summed E-state index contributed by atoms with van der Waals surface area (Å²) >= 11 is 0. The summed E-state index contributed by atoms with van der Waals surface area (Å²) in [4.78, 5) is 4.94. The molecule has 1 aromatic rings. The molecule has 5 nitrogen and oxygen atoms in total. The van der Waals surface area contributed by atoms with Crippen molar-refractivity contribution in [1.82, 2.24) is 10.6 Å². The van der Waals surface area contributed by atoms with E-state index in [0.717, 1.165) is 24.5 Å². The predicted octanol–water partition coefficient (Wildman–Crippen LogP) is 4.12. The maximum Gasteiger partial charge on any atom is 0.191 e. The van der Waals surface area contributed by atoms with Crippen LogP contribution in [0.15, 0.2) is 34.2 Å². The number of benzene rings is 1. The van der Waals surface area contributed by atoms with Crippen molar-refractivity contribution in [3.63, 3.8) is 0 Å². The van der Waals surface area contributed by atoms with Gasteiger partial charge in [-0.2, -0.15) is 0 Å². The van der Waals surface area contributed by atoms with Crippen LogP contribution in [0.5, 0.6) is 0 Å². The van der Waals surface area contributed by atoms with E-state index >= 15 is 0 Å². The summed E-state index contributed by atoms with van der Waals surface area (Å²) in [7, 11) is -3.15. The second kappa shape index (κ2) is 13.4. The quantitative estimate of drug-likeness (QED) is 0.222. The Labute approximate surface area is 176 Å². The van der Waals surface area contributed by atoms with Crippen molar-refractivity contribution in [2.45, 2.75) is 70.4 Å². The first-order chi connectivity index (χ1) is 11.9. The summed E-state index contributed by atoms with van der Waals surface area (Å²) in [6.45, 7) is 7.77. The normalized spacial score (nSPS) is 13.0. The molecule has 0 saturated carbocycles. The monoisotopic (exact) mass is 495 g/mol. The van der Waals surface area contributed by atoms with E-state index in [-0.39, 0.29) is 24.0 Å². The molecule has 1 aromatic carbocycles. The topological polar surface area (TPSA) is 70.6 Å². The van der Waals surface area contributed by atoms with Gasteiger partial charge in [0.15, 0.2) is 15.8 Å². The number of aliphatic imine (C=N–C) groups is 1. The minimum absolute atomic E-state index is 0. The first-order valence-electron chi connectivity index (χ1n) is 9.20. The van der Waals surface area contributed by atoms with Crippen molar-refractivity contribution in [1.29, 1.82) is 0 Å². The SMILES string of the molecule is CCCCCCC(C)NC(=NCc1ccc(S(C)(=O)=O)cc1)NCC.I. The van der Waals surface area contributed by atoms with Crippen LogP contribution >= 0.6 is 24.0 Å². The Hall–Kier alpha value is -0.830. The van der Waals surface area contributed by atoms with Crippen molar-refractivity contribution >= 4 is 39.8 Å². The summed E-state index contributed by atoms with van der Waals surface area (Å²) < 4.78 is 23.0. The van der Waals surface area contributed by atoms with Gasteiger partial charge in [0.25, 0.3) is 0 Å². The highest BCUT2D eigenvalue weighted by atomic mass is 127. The standard InChI is InChI=1S/C19H33N3O2S.HI/c1-5-7-8-9-10-16(3)22-19(20-6-2)21-15-17-11-13-18(14-12-17)25(4,23)24;/h11-14,16H,5-10,15H2,1-4H3,(H2,20,21,22);1H. The molecular weight excluding hydrogens is 461 g/mol. The summed E-state index contributed by atoms with van der Waals surface area (Å²) in [5, 5.41) is 6.71. The molecule has 0 aliphatic heterocycles. The summed E-state index contributed by atoms with van der Waals surface area (Å²) in [6, 6.07) is 7.28. The molecule has 0 bridgehead atoms. The molecule has 0 spiro atoms. The first-order valence-corrected chi connectivity index (χ1v) is 11.1. The fourth-order valence-corrected chi connectivity index (χ4v) is 3.15. The fourth-order valence-electron chi connectivity index (χ4n) is 2.52. The Morgan fingerprint density at radius 3 is 2.31 bits per heavy atom. The number of hydrogen-bond acceptors (Lipinski definition) is 3. The lowest BCUT2D eigenvalue weighted by molar-refractivity contribution is 0.537. The van der Waals surface area contributed by atoms with Gasteiger partial charge in [0.05, 0.1) is 11.4 Å². The van der Waals surface area contributed by atoms with Crippen LogP contribution in [0.3, 0.4) is 0 Å². The van der Waals surface area contributed by atoms with Crippen LogP contribution in [-0.2, 0) is 16.4 Å². The lowest BCUT2D eigenvalue weighted by atomic mass is 10.1. The first kappa shape index (κ1) is 25.2. The van der Waals surface area contributed by atoms with Crippen LogP contribution in [0.25, 0.3) is 0 Å². The number of guanidine groups is 1. The molecule has 0 aliphatic carbocycles. The van der Waals surface area contributed by atoms with Gasteiger partial charge < -0.3 is 10.6 Å². The molecular formula is C19H34IN3O2S.